The van der Waals surface area contributed by atoms with E-state index in [2.05, 4.69) is 20.9 Å². The molecule has 0 aliphatic heterocycles. The van der Waals surface area contributed by atoms with Gasteiger partial charge in [0.1, 0.15) is 12.2 Å². The molecule has 1 aromatic carbocycles. The number of aromatic amines is 1. The molecule has 110 valence electrons. The standard InChI is InChI=1S/C14H15BrN4O2/c15-10-3-1-9(2-4-10)7-19(8-13(17)20)14(21)12-5-11(16)6-18-12/h1-6,18H,7-8,16H2,(H2,17,20). The summed E-state index contributed by atoms with van der Waals surface area (Å²) in [6.07, 6.45) is 1.52. The number of rotatable bonds is 5. The third kappa shape index (κ3) is 4.09. The molecule has 7 heteroatoms. The van der Waals surface area contributed by atoms with Gasteiger partial charge in [-0.3, -0.25) is 9.59 Å². The first-order valence-electron chi connectivity index (χ1n) is 6.21. The zero-order chi connectivity index (χ0) is 15.4. The van der Waals surface area contributed by atoms with Gasteiger partial charge in [-0.2, -0.15) is 0 Å². The van der Waals surface area contributed by atoms with Gasteiger partial charge in [0, 0.05) is 22.9 Å². The van der Waals surface area contributed by atoms with Gasteiger partial charge < -0.3 is 21.4 Å². The van der Waals surface area contributed by atoms with E-state index in [0.717, 1.165) is 10.0 Å². The maximum absolute atomic E-state index is 12.4. The number of nitrogens with one attached hydrogen (secondary N) is 1. The second-order valence-electron chi connectivity index (χ2n) is 4.60. The Morgan fingerprint density at radius 2 is 1.90 bits per heavy atom. The number of halogens is 1. The van der Waals surface area contributed by atoms with E-state index in [1.165, 1.54) is 17.2 Å². The molecule has 0 saturated carbocycles. The van der Waals surface area contributed by atoms with Crippen molar-refractivity contribution >= 4 is 33.4 Å². The lowest BCUT2D eigenvalue weighted by molar-refractivity contribution is -0.118. The van der Waals surface area contributed by atoms with Crippen LogP contribution in [0.4, 0.5) is 5.69 Å². The lowest BCUT2D eigenvalue weighted by Gasteiger charge is -2.20. The van der Waals surface area contributed by atoms with Crippen molar-refractivity contribution < 1.29 is 9.59 Å². The Bertz CT molecular complexity index is 651. The number of primary amides is 1. The van der Waals surface area contributed by atoms with Gasteiger partial charge in [-0.05, 0) is 23.8 Å². The topological polar surface area (TPSA) is 105 Å². The Labute approximate surface area is 130 Å². The van der Waals surface area contributed by atoms with Crippen LogP contribution in [0.25, 0.3) is 0 Å². The molecule has 0 aliphatic carbocycles. The van der Waals surface area contributed by atoms with Crippen molar-refractivity contribution in [1.82, 2.24) is 9.88 Å². The van der Waals surface area contributed by atoms with E-state index in [4.69, 9.17) is 11.5 Å². The Kier molecular flexibility index (Phi) is 4.64. The molecule has 2 aromatic rings. The highest BCUT2D eigenvalue weighted by atomic mass is 79.9. The van der Waals surface area contributed by atoms with Crippen molar-refractivity contribution in [2.75, 3.05) is 12.3 Å². The molecule has 0 saturated heterocycles. The molecular formula is C14H15BrN4O2. The number of carbonyl (C=O) groups is 2. The van der Waals surface area contributed by atoms with E-state index in [1.54, 1.807) is 0 Å². The quantitative estimate of drug-likeness (QED) is 0.760. The summed E-state index contributed by atoms with van der Waals surface area (Å²) in [5.41, 5.74) is 12.5. The SMILES string of the molecule is NC(=O)CN(Cc1ccc(Br)cc1)C(=O)c1cc(N)c[nH]1. The molecule has 0 atom stereocenters. The highest BCUT2D eigenvalue weighted by Crippen LogP contribution is 2.14. The van der Waals surface area contributed by atoms with Crippen molar-refractivity contribution in [3.05, 3.63) is 52.3 Å². The van der Waals surface area contributed by atoms with Gasteiger partial charge >= 0.3 is 0 Å². The lowest BCUT2D eigenvalue weighted by Crippen LogP contribution is -2.38. The molecular weight excluding hydrogens is 336 g/mol. The normalized spacial score (nSPS) is 10.3. The fourth-order valence-electron chi connectivity index (χ4n) is 1.90. The number of benzene rings is 1. The zero-order valence-electron chi connectivity index (χ0n) is 11.2. The Balaban J connectivity index is 2.19. The summed E-state index contributed by atoms with van der Waals surface area (Å²) in [7, 11) is 0. The van der Waals surface area contributed by atoms with E-state index in [0.29, 0.717) is 11.4 Å². The van der Waals surface area contributed by atoms with Crippen LogP contribution in [-0.2, 0) is 11.3 Å². The lowest BCUT2D eigenvalue weighted by atomic mass is 10.2. The number of aromatic nitrogens is 1. The van der Waals surface area contributed by atoms with Gasteiger partial charge in [-0.1, -0.05) is 28.1 Å². The van der Waals surface area contributed by atoms with Crippen molar-refractivity contribution in [2.24, 2.45) is 5.73 Å². The number of nitrogen functional groups attached to an aromatic ring is 1. The molecule has 0 spiro atoms. The molecule has 2 rings (SSSR count). The first-order valence-corrected chi connectivity index (χ1v) is 7.01. The van der Waals surface area contributed by atoms with Crippen molar-refractivity contribution in [3.8, 4) is 0 Å². The van der Waals surface area contributed by atoms with Gasteiger partial charge in [0.15, 0.2) is 0 Å². The smallest absolute Gasteiger partial charge is 0.271 e. The van der Waals surface area contributed by atoms with Gasteiger partial charge in [0.25, 0.3) is 5.91 Å². The largest absolute Gasteiger partial charge is 0.397 e. The summed E-state index contributed by atoms with van der Waals surface area (Å²) in [5.74, 6) is -0.895. The Morgan fingerprint density at radius 3 is 2.43 bits per heavy atom. The van der Waals surface area contributed by atoms with Crippen LogP contribution < -0.4 is 11.5 Å². The maximum Gasteiger partial charge on any atom is 0.271 e. The number of nitrogens with zero attached hydrogens (tertiary/aromatic N) is 1. The van der Waals surface area contributed by atoms with Gasteiger partial charge in [-0.15, -0.1) is 0 Å². The molecule has 0 radical (unpaired) electrons. The molecule has 6 nitrogen and oxygen atoms in total. The Morgan fingerprint density at radius 1 is 1.24 bits per heavy atom. The van der Waals surface area contributed by atoms with Crippen molar-refractivity contribution in [1.29, 1.82) is 0 Å². The predicted molar refractivity (Wildman–Crippen MR) is 83.3 cm³/mol. The minimum absolute atomic E-state index is 0.159. The van der Waals surface area contributed by atoms with Crippen LogP contribution in [0.2, 0.25) is 0 Å². The zero-order valence-corrected chi connectivity index (χ0v) is 12.8. The summed E-state index contributed by atoms with van der Waals surface area (Å²) in [5, 5.41) is 0. The van der Waals surface area contributed by atoms with Crippen molar-refractivity contribution in [2.45, 2.75) is 6.54 Å². The highest BCUT2D eigenvalue weighted by molar-refractivity contribution is 9.10. The molecule has 21 heavy (non-hydrogen) atoms. The number of amides is 2. The number of nitrogens with two attached hydrogens (primary N) is 2. The number of carbonyl (C=O) groups excluding carboxylic acids is 2. The molecule has 2 amide bonds. The second kappa shape index (κ2) is 6.45. The fraction of sp³-hybridized carbons (Fsp3) is 0.143. The first kappa shape index (κ1) is 15.1. The van der Waals surface area contributed by atoms with Gasteiger partial charge in [-0.25, -0.2) is 0 Å². The van der Waals surface area contributed by atoms with Crippen LogP contribution in [-0.4, -0.2) is 28.2 Å². The summed E-state index contributed by atoms with van der Waals surface area (Å²) >= 11 is 3.35. The van der Waals surface area contributed by atoms with Gasteiger partial charge in [0.2, 0.25) is 5.91 Å². The van der Waals surface area contributed by atoms with Crippen LogP contribution in [0.5, 0.6) is 0 Å². The number of hydrogen-bond donors (Lipinski definition) is 3. The third-order valence-corrected chi connectivity index (χ3v) is 3.39. The number of hydrogen-bond acceptors (Lipinski definition) is 3. The highest BCUT2D eigenvalue weighted by Gasteiger charge is 2.19. The average molecular weight is 351 g/mol. The molecule has 1 heterocycles. The molecule has 0 unspecified atom stereocenters. The molecule has 0 fully saturated rings. The third-order valence-electron chi connectivity index (χ3n) is 2.86. The minimum Gasteiger partial charge on any atom is -0.397 e. The predicted octanol–water partition coefficient (Wildman–Crippen LogP) is 1.49. The van der Waals surface area contributed by atoms with Gasteiger partial charge in [0.05, 0.1) is 0 Å². The summed E-state index contributed by atoms with van der Waals surface area (Å²) in [6.45, 7) is 0.127. The molecule has 5 N–H and O–H groups in total. The van der Waals surface area contributed by atoms with Crippen LogP contribution in [0.15, 0.2) is 41.0 Å². The number of anilines is 1. The van der Waals surface area contributed by atoms with Crippen molar-refractivity contribution in [3.63, 3.8) is 0 Å². The summed E-state index contributed by atoms with van der Waals surface area (Å²) < 4.78 is 0.941. The van der Waals surface area contributed by atoms with E-state index in [1.807, 2.05) is 24.3 Å². The van der Waals surface area contributed by atoms with Crippen LogP contribution in [0.1, 0.15) is 16.1 Å². The second-order valence-corrected chi connectivity index (χ2v) is 5.52. The van der Waals surface area contributed by atoms with Crippen LogP contribution in [0, 0.1) is 0 Å². The number of H-pyrrole nitrogens is 1. The molecule has 0 bridgehead atoms. The minimum atomic E-state index is -0.569. The average Bonchev–Trinajstić information content (AvgIpc) is 2.86. The van der Waals surface area contributed by atoms with E-state index >= 15 is 0 Å². The molecule has 0 aliphatic rings. The van der Waals surface area contributed by atoms with E-state index < -0.39 is 5.91 Å². The fourth-order valence-corrected chi connectivity index (χ4v) is 2.17. The molecule has 1 aromatic heterocycles. The first-order chi connectivity index (χ1) is 9.95. The summed E-state index contributed by atoms with van der Waals surface area (Å²) in [6, 6.07) is 9.00. The maximum atomic E-state index is 12.4. The van der Waals surface area contributed by atoms with Crippen LogP contribution in [0.3, 0.4) is 0 Å². The van der Waals surface area contributed by atoms with Crippen LogP contribution >= 0.6 is 15.9 Å². The monoisotopic (exact) mass is 350 g/mol. The Hall–Kier alpha value is -2.28. The van der Waals surface area contributed by atoms with E-state index in [-0.39, 0.29) is 19.0 Å². The van der Waals surface area contributed by atoms with E-state index in [9.17, 15) is 9.59 Å². The summed E-state index contributed by atoms with van der Waals surface area (Å²) in [4.78, 5) is 27.7.